The first kappa shape index (κ1) is 41.5. The normalized spacial score (nSPS) is 13.7. The van der Waals surface area contributed by atoms with Crippen LogP contribution in [0.5, 0.6) is 0 Å². The molecule has 0 spiro atoms. The molecule has 0 radical (unpaired) electrons. The van der Waals surface area contributed by atoms with Crippen molar-refractivity contribution >= 4 is 13.8 Å². The van der Waals surface area contributed by atoms with Gasteiger partial charge in [-0.25, -0.2) is 4.57 Å². The lowest BCUT2D eigenvalue weighted by atomic mass is 10.0. The Bertz CT molecular complexity index is 623. The molecule has 0 saturated heterocycles. The van der Waals surface area contributed by atoms with Crippen LogP contribution in [0.3, 0.4) is 0 Å². The molecule has 2 unspecified atom stereocenters. The first-order valence-corrected chi connectivity index (χ1v) is 19.0. The lowest BCUT2D eigenvalue weighted by Crippen LogP contribution is -2.28. The minimum atomic E-state index is -4.25. The number of hydrogen-bond acceptors (Lipinski definition) is 7. The van der Waals surface area contributed by atoms with Gasteiger partial charge in [0.25, 0.3) is 0 Å². The lowest BCUT2D eigenvalue weighted by molar-refractivity contribution is -0.154. The molecule has 0 heterocycles. The number of phosphoric acid groups is 1. The third kappa shape index (κ3) is 30.9. The van der Waals surface area contributed by atoms with Crippen LogP contribution in [0.15, 0.2) is 0 Å². The molecule has 3 N–H and O–H groups in total. The minimum Gasteiger partial charge on any atom is -0.457 e. The molecule has 42 heavy (non-hydrogen) atoms. The van der Waals surface area contributed by atoms with E-state index in [0.29, 0.717) is 13.0 Å². The molecule has 0 bridgehead atoms. The highest BCUT2D eigenvalue weighted by Gasteiger charge is 2.25. The van der Waals surface area contributed by atoms with Crippen molar-refractivity contribution in [2.45, 2.75) is 174 Å². The maximum absolute atomic E-state index is 12.4. The summed E-state index contributed by atoms with van der Waals surface area (Å²) in [7, 11) is -4.25. The highest BCUT2D eigenvalue weighted by Crippen LogP contribution is 2.43. The number of phosphoric ester groups is 1. The van der Waals surface area contributed by atoms with E-state index in [9.17, 15) is 14.3 Å². The standard InChI is InChI=1S/C33H68NO7P/c1-3-5-7-9-11-12-13-14-15-16-17-18-19-20-22-24-26-33(35)41-32(31-40-42(36,37)39-29-27-34)30-38-28-25-23-21-10-8-6-4-2/h32H,3-31,34H2,1-2H3,(H,36,37). The second-order valence-electron chi connectivity index (χ2n) is 11.7. The van der Waals surface area contributed by atoms with Gasteiger partial charge >= 0.3 is 13.8 Å². The Morgan fingerprint density at radius 1 is 0.619 bits per heavy atom. The fourth-order valence-electron chi connectivity index (χ4n) is 4.94. The molecule has 8 nitrogen and oxygen atoms in total. The Hall–Kier alpha value is -0.500. The van der Waals surface area contributed by atoms with E-state index in [1.54, 1.807) is 0 Å². The van der Waals surface area contributed by atoms with Gasteiger partial charge in [-0.2, -0.15) is 0 Å². The van der Waals surface area contributed by atoms with Gasteiger partial charge < -0.3 is 20.1 Å². The van der Waals surface area contributed by atoms with Gasteiger partial charge in [-0.15, -0.1) is 0 Å². The van der Waals surface area contributed by atoms with Gasteiger partial charge in [0.2, 0.25) is 0 Å². The van der Waals surface area contributed by atoms with Crippen LogP contribution in [0.2, 0.25) is 0 Å². The molecule has 0 aromatic heterocycles. The second kappa shape index (κ2) is 31.9. The molecule has 0 aromatic rings. The van der Waals surface area contributed by atoms with Crippen molar-refractivity contribution in [1.29, 1.82) is 0 Å². The van der Waals surface area contributed by atoms with Gasteiger partial charge in [0.15, 0.2) is 0 Å². The summed E-state index contributed by atoms with van der Waals surface area (Å²) < 4.78 is 33.1. The van der Waals surface area contributed by atoms with Crippen molar-refractivity contribution in [2.75, 3.05) is 33.0 Å². The van der Waals surface area contributed by atoms with E-state index in [2.05, 4.69) is 13.8 Å². The number of unbranched alkanes of at least 4 members (excludes halogenated alkanes) is 21. The first-order valence-electron chi connectivity index (χ1n) is 17.5. The molecule has 0 rings (SSSR count). The molecule has 0 fully saturated rings. The van der Waals surface area contributed by atoms with Crippen molar-refractivity contribution in [2.24, 2.45) is 5.73 Å². The Morgan fingerprint density at radius 2 is 1.05 bits per heavy atom. The number of hydrogen-bond donors (Lipinski definition) is 2. The van der Waals surface area contributed by atoms with Gasteiger partial charge in [0.1, 0.15) is 6.10 Å². The highest BCUT2D eigenvalue weighted by molar-refractivity contribution is 7.47. The molecule has 0 aliphatic rings. The van der Waals surface area contributed by atoms with Crippen LogP contribution in [-0.4, -0.2) is 49.9 Å². The summed E-state index contributed by atoms with van der Waals surface area (Å²) in [6.45, 7) is 4.91. The summed E-state index contributed by atoms with van der Waals surface area (Å²) in [6.07, 6.45) is 28.3. The van der Waals surface area contributed by atoms with E-state index in [0.717, 1.165) is 32.1 Å². The molecule has 0 aliphatic carbocycles. The Labute approximate surface area is 259 Å². The lowest BCUT2D eigenvalue weighted by Gasteiger charge is -2.20. The molecular formula is C33H68NO7P. The van der Waals surface area contributed by atoms with Crippen molar-refractivity contribution in [3.63, 3.8) is 0 Å². The van der Waals surface area contributed by atoms with Crippen LogP contribution in [0.25, 0.3) is 0 Å². The molecule has 252 valence electrons. The fourth-order valence-corrected chi connectivity index (χ4v) is 5.70. The Kier molecular flexibility index (Phi) is 31.5. The smallest absolute Gasteiger partial charge is 0.457 e. The van der Waals surface area contributed by atoms with E-state index >= 15 is 0 Å². The van der Waals surface area contributed by atoms with Crippen molar-refractivity contribution in [1.82, 2.24) is 0 Å². The van der Waals surface area contributed by atoms with Crippen molar-refractivity contribution in [3.05, 3.63) is 0 Å². The quantitative estimate of drug-likeness (QED) is 0.0414. The number of carbonyl (C=O) groups excluding carboxylic acids is 1. The highest BCUT2D eigenvalue weighted by atomic mass is 31.2. The summed E-state index contributed by atoms with van der Waals surface area (Å²) in [5, 5.41) is 0. The SMILES string of the molecule is CCCCCCCCCCCCCCCCCCC(=O)OC(COCCCCCCCCC)COP(=O)(O)OCCN. The molecule has 0 aromatic carbocycles. The maximum atomic E-state index is 12.4. The summed E-state index contributed by atoms with van der Waals surface area (Å²) in [5.41, 5.74) is 5.33. The summed E-state index contributed by atoms with van der Waals surface area (Å²) in [6, 6.07) is 0. The van der Waals surface area contributed by atoms with Crippen LogP contribution in [0.1, 0.15) is 168 Å². The number of rotatable bonds is 34. The van der Waals surface area contributed by atoms with Crippen LogP contribution >= 0.6 is 7.82 Å². The fraction of sp³-hybridized carbons (Fsp3) is 0.970. The van der Waals surface area contributed by atoms with Gasteiger partial charge in [-0.3, -0.25) is 13.8 Å². The zero-order valence-electron chi connectivity index (χ0n) is 27.5. The van der Waals surface area contributed by atoms with E-state index in [4.69, 9.17) is 24.3 Å². The molecule has 2 atom stereocenters. The van der Waals surface area contributed by atoms with E-state index in [1.165, 1.54) is 116 Å². The number of nitrogens with two attached hydrogens (primary N) is 1. The van der Waals surface area contributed by atoms with E-state index in [1.807, 2.05) is 0 Å². The molecule has 0 saturated carbocycles. The topological polar surface area (TPSA) is 117 Å². The summed E-state index contributed by atoms with van der Waals surface area (Å²) in [5.74, 6) is -0.330. The molecule has 0 amide bonds. The monoisotopic (exact) mass is 621 g/mol. The number of carbonyl (C=O) groups is 1. The van der Waals surface area contributed by atoms with Crippen molar-refractivity contribution < 1.29 is 32.8 Å². The van der Waals surface area contributed by atoms with Crippen LogP contribution in [0, 0.1) is 0 Å². The predicted molar refractivity (Wildman–Crippen MR) is 174 cm³/mol. The van der Waals surface area contributed by atoms with Crippen LogP contribution in [0.4, 0.5) is 0 Å². The zero-order valence-corrected chi connectivity index (χ0v) is 28.4. The maximum Gasteiger partial charge on any atom is 0.472 e. The summed E-state index contributed by atoms with van der Waals surface area (Å²) in [4.78, 5) is 22.2. The largest absolute Gasteiger partial charge is 0.472 e. The second-order valence-corrected chi connectivity index (χ2v) is 13.2. The predicted octanol–water partition coefficient (Wildman–Crippen LogP) is 9.41. The Balaban J connectivity index is 4.00. The number of ether oxygens (including phenoxy) is 2. The first-order chi connectivity index (χ1) is 20.4. The van der Waals surface area contributed by atoms with Crippen LogP contribution in [-0.2, 0) is 27.9 Å². The van der Waals surface area contributed by atoms with Crippen molar-refractivity contribution in [3.8, 4) is 0 Å². The number of esters is 1. The van der Waals surface area contributed by atoms with E-state index < -0.39 is 13.9 Å². The molecular weight excluding hydrogens is 553 g/mol. The van der Waals surface area contributed by atoms with Gasteiger partial charge in [-0.05, 0) is 12.8 Å². The average molecular weight is 622 g/mol. The average Bonchev–Trinajstić information content (AvgIpc) is 2.97. The van der Waals surface area contributed by atoms with Gasteiger partial charge in [0.05, 0.1) is 19.8 Å². The van der Waals surface area contributed by atoms with Crippen LogP contribution < -0.4 is 5.73 Å². The minimum absolute atomic E-state index is 0.0910. The zero-order chi connectivity index (χ0) is 31.0. The Morgan fingerprint density at radius 3 is 1.50 bits per heavy atom. The third-order valence-corrected chi connectivity index (χ3v) is 8.51. The molecule has 0 aliphatic heterocycles. The molecule has 9 heteroatoms. The summed E-state index contributed by atoms with van der Waals surface area (Å²) >= 11 is 0. The van der Waals surface area contributed by atoms with E-state index in [-0.39, 0.29) is 32.3 Å². The van der Waals surface area contributed by atoms with Gasteiger partial charge in [-0.1, -0.05) is 149 Å². The van der Waals surface area contributed by atoms with Gasteiger partial charge in [0, 0.05) is 19.6 Å². The third-order valence-electron chi connectivity index (χ3n) is 7.52.